The zero-order valence-corrected chi connectivity index (χ0v) is 11.8. The first kappa shape index (κ1) is 13.4. The summed E-state index contributed by atoms with van der Waals surface area (Å²) >= 11 is 0. The van der Waals surface area contributed by atoms with Gasteiger partial charge in [0.2, 0.25) is 0 Å². The summed E-state index contributed by atoms with van der Waals surface area (Å²) in [4.78, 5) is 16.7. The van der Waals surface area contributed by atoms with E-state index in [2.05, 4.69) is 9.80 Å². The van der Waals surface area contributed by atoms with E-state index in [0.717, 1.165) is 38.9 Å². The third-order valence-corrected chi connectivity index (χ3v) is 5.38. The normalized spacial score (nSPS) is 37.8. The fourth-order valence-corrected chi connectivity index (χ4v) is 4.33. The van der Waals surface area contributed by atoms with Crippen LogP contribution >= 0.6 is 0 Å². The van der Waals surface area contributed by atoms with Gasteiger partial charge in [0.05, 0.1) is 5.92 Å². The maximum Gasteiger partial charge on any atom is 0.308 e. The number of hydrogen-bond donors (Lipinski definition) is 1. The monoisotopic (exact) mass is 266 g/mol. The molecule has 3 unspecified atom stereocenters. The molecule has 3 rings (SSSR count). The largest absolute Gasteiger partial charge is 0.481 e. The van der Waals surface area contributed by atoms with E-state index in [1.165, 1.54) is 32.2 Å². The molecular weight excluding hydrogens is 240 g/mol. The van der Waals surface area contributed by atoms with Crippen LogP contribution < -0.4 is 0 Å². The van der Waals surface area contributed by atoms with E-state index in [0.29, 0.717) is 12.1 Å². The second-order valence-electron chi connectivity index (χ2n) is 6.48. The zero-order chi connectivity index (χ0) is 13.2. The lowest BCUT2D eigenvalue weighted by molar-refractivity contribution is -0.145. The van der Waals surface area contributed by atoms with Crippen LogP contribution in [0.15, 0.2) is 0 Å². The standard InChI is InChI=1S/C15H26N2O2/c18-15(19)13-6-2-1-3-7-14(13)17-10-9-16-8-4-5-12(16)11-17/h12-14H,1-11H2,(H,18,19). The van der Waals surface area contributed by atoms with Gasteiger partial charge in [-0.25, -0.2) is 0 Å². The predicted octanol–water partition coefficient (Wildman–Crippen LogP) is 1.80. The van der Waals surface area contributed by atoms with Crippen LogP contribution in [-0.4, -0.2) is 59.1 Å². The van der Waals surface area contributed by atoms with Crippen molar-refractivity contribution in [2.75, 3.05) is 26.2 Å². The van der Waals surface area contributed by atoms with E-state index >= 15 is 0 Å². The SMILES string of the molecule is O=C(O)C1CCCCCC1N1CCN2CCCC2C1. The Labute approximate surface area is 115 Å². The van der Waals surface area contributed by atoms with Crippen molar-refractivity contribution in [3.8, 4) is 0 Å². The zero-order valence-electron chi connectivity index (χ0n) is 11.8. The summed E-state index contributed by atoms with van der Waals surface area (Å²) < 4.78 is 0. The fraction of sp³-hybridized carbons (Fsp3) is 0.933. The molecule has 0 radical (unpaired) electrons. The Bertz CT molecular complexity index is 334. The van der Waals surface area contributed by atoms with Gasteiger partial charge in [-0.1, -0.05) is 19.3 Å². The molecule has 0 aromatic heterocycles. The highest BCUT2D eigenvalue weighted by Crippen LogP contribution is 2.31. The fourth-order valence-electron chi connectivity index (χ4n) is 4.33. The molecule has 0 aromatic carbocycles. The molecule has 2 aliphatic heterocycles. The van der Waals surface area contributed by atoms with Crippen LogP contribution in [0.4, 0.5) is 0 Å². The van der Waals surface area contributed by atoms with Gasteiger partial charge < -0.3 is 5.11 Å². The first-order valence-electron chi connectivity index (χ1n) is 7.96. The third-order valence-electron chi connectivity index (χ3n) is 5.38. The summed E-state index contributed by atoms with van der Waals surface area (Å²) in [5.74, 6) is -0.698. The van der Waals surface area contributed by atoms with E-state index in [1.54, 1.807) is 0 Å². The summed E-state index contributed by atoms with van der Waals surface area (Å²) in [6.45, 7) is 4.58. The van der Waals surface area contributed by atoms with Gasteiger partial charge in [0, 0.05) is 31.7 Å². The first-order valence-corrected chi connectivity index (χ1v) is 7.96. The van der Waals surface area contributed by atoms with Gasteiger partial charge in [0.25, 0.3) is 0 Å². The van der Waals surface area contributed by atoms with Gasteiger partial charge in [0.1, 0.15) is 0 Å². The lowest BCUT2D eigenvalue weighted by Crippen LogP contribution is -2.55. The Kier molecular flexibility index (Phi) is 4.08. The molecule has 0 aromatic rings. The Morgan fingerprint density at radius 2 is 1.68 bits per heavy atom. The summed E-state index contributed by atoms with van der Waals surface area (Å²) in [6, 6.07) is 0.995. The topological polar surface area (TPSA) is 43.8 Å². The number of hydrogen-bond acceptors (Lipinski definition) is 3. The minimum absolute atomic E-state index is 0.129. The van der Waals surface area contributed by atoms with Crippen LogP contribution in [0, 0.1) is 5.92 Å². The minimum atomic E-state index is -0.569. The third kappa shape index (κ3) is 2.79. The summed E-state index contributed by atoms with van der Waals surface area (Å²) in [6.07, 6.45) is 8.11. The average Bonchev–Trinajstić information content (AvgIpc) is 2.72. The lowest BCUT2D eigenvalue weighted by Gasteiger charge is -2.43. The molecule has 1 N–H and O–H groups in total. The maximum atomic E-state index is 11.6. The highest BCUT2D eigenvalue weighted by Gasteiger charge is 2.38. The molecule has 2 heterocycles. The molecule has 3 aliphatic rings. The molecule has 108 valence electrons. The van der Waals surface area contributed by atoms with Crippen LogP contribution in [0.2, 0.25) is 0 Å². The molecule has 4 nitrogen and oxygen atoms in total. The summed E-state index contributed by atoms with van der Waals surface area (Å²) in [5.41, 5.74) is 0. The van der Waals surface area contributed by atoms with E-state index < -0.39 is 5.97 Å². The Balaban J connectivity index is 1.69. The van der Waals surface area contributed by atoms with Crippen LogP contribution in [0.1, 0.15) is 44.9 Å². The molecule has 0 spiro atoms. The van der Waals surface area contributed by atoms with Crippen LogP contribution in [-0.2, 0) is 4.79 Å². The van der Waals surface area contributed by atoms with Crippen molar-refractivity contribution in [2.24, 2.45) is 5.92 Å². The molecule has 19 heavy (non-hydrogen) atoms. The van der Waals surface area contributed by atoms with Crippen molar-refractivity contribution in [3.63, 3.8) is 0 Å². The lowest BCUT2D eigenvalue weighted by atomic mass is 9.92. The van der Waals surface area contributed by atoms with Gasteiger partial charge in [-0.15, -0.1) is 0 Å². The molecule has 3 atom stereocenters. The second kappa shape index (κ2) is 5.80. The first-order chi connectivity index (χ1) is 9.25. The molecule has 4 heteroatoms. The average molecular weight is 266 g/mol. The van der Waals surface area contributed by atoms with Gasteiger partial charge in [0.15, 0.2) is 0 Å². The maximum absolute atomic E-state index is 11.6. The number of rotatable bonds is 2. The Morgan fingerprint density at radius 3 is 2.53 bits per heavy atom. The van der Waals surface area contributed by atoms with Crippen LogP contribution in [0.3, 0.4) is 0 Å². The van der Waals surface area contributed by atoms with Crippen LogP contribution in [0.25, 0.3) is 0 Å². The number of piperazine rings is 1. The van der Waals surface area contributed by atoms with Gasteiger partial charge >= 0.3 is 5.97 Å². The molecular formula is C15H26N2O2. The van der Waals surface area contributed by atoms with E-state index in [9.17, 15) is 9.90 Å². The van der Waals surface area contributed by atoms with E-state index in [1.807, 2.05) is 0 Å². The van der Waals surface area contributed by atoms with E-state index in [4.69, 9.17) is 0 Å². The Hall–Kier alpha value is -0.610. The molecule has 1 saturated carbocycles. The summed E-state index contributed by atoms with van der Waals surface area (Å²) in [7, 11) is 0. The molecule has 3 fully saturated rings. The smallest absolute Gasteiger partial charge is 0.308 e. The molecule has 0 bridgehead atoms. The summed E-state index contributed by atoms with van der Waals surface area (Å²) in [5, 5.41) is 9.51. The number of fused-ring (bicyclic) bond motifs is 1. The molecule has 2 saturated heterocycles. The number of aliphatic carboxylic acids is 1. The van der Waals surface area contributed by atoms with E-state index in [-0.39, 0.29) is 5.92 Å². The molecule has 0 amide bonds. The van der Waals surface area contributed by atoms with Crippen molar-refractivity contribution >= 4 is 5.97 Å². The van der Waals surface area contributed by atoms with Crippen molar-refractivity contribution in [3.05, 3.63) is 0 Å². The number of carbonyl (C=O) groups is 1. The minimum Gasteiger partial charge on any atom is -0.481 e. The van der Waals surface area contributed by atoms with Crippen molar-refractivity contribution in [1.29, 1.82) is 0 Å². The van der Waals surface area contributed by atoms with Crippen molar-refractivity contribution in [1.82, 2.24) is 9.80 Å². The Morgan fingerprint density at radius 1 is 0.895 bits per heavy atom. The van der Waals surface area contributed by atoms with Crippen molar-refractivity contribution in [2.45, 2.75) is 57.0 Å². The van der Waals surface area contributed by atoms with Gasteiger partial charge in [-0.05, 0) is 32.2 Å². The quantitative estimate of drug-likeness (QED) is 0.774. The van der Waals surface area contributed by atoms with Gasteiger partial charge in [-0.3, -0.25) is 14.6 Å². The van der Waals surface area contributed by atoms with Crippen molar-refractivity contribution < 1.29 is 9.90 Å². The number of nitrogens with zero attached hydrogens (tertiary/aromatic N) is 2. The second-order valence-corrected chi connectivity index (χ2v) is 6.48. The van der Waals surface area contributed by atoms with Gasteiger partial charge in [-0.2, -0.15) is 0 Å². The number of carboxylic acids is 1. The highest BCUT2D eigenvalue weighted by molar-refractivity contribution is 5.71. The molecule has 1 aliphatic carbocycles. The predicted molar refractivity (Wildman–Crippen MR) is 74.2 cm³/mol. The number of carboxylic acid groups (broad SMARTS) is 1. The van der Waals surface area contributed by atoms with Crippen LogP contribution in [0.5, 0.6) is 0 Å². The highest BCUT2D eigenvalue weighted by atomic mass is 16.4.